The fourth-order valence-electron chi connectivity index (χ4n) is 1.94. The summed E-state index contributed by atoms with van der Waals surface area (Å²) in [6.07, 6.45) is -1.19. The minimum Gasteiger partial charge on any atom is -0.495 e. The molecule has 1 amide bonds. The Labute approximate surface area is 147 Å². The first kappa shape index (κ1) is 18.7. The molecule has 2 rings (SSSR count). The smallest absolute Gasteiger partial charge is 0.339 e. The molecule has 5 nitrogen and oxygen atoms in total. The molecule has 0 fully saturated rings. The lowest BCUT2D eigenvalue weighted by Crippen LogP contribution is -2.30. The van der Waals surface area contributed by atoms with E-state index in [0.717, 1.165) is 12.1 Å². The van der Waals surface area contributed by atoms with Gasteiger partial charge in [0.25, 0.3) is 5.91 Å². The average Bonchev–Trinajstić information content (AvgIpc) is 2.54. The largest absolute Gasteiger partial charge is 0.495 e. The Morgan fingerprint density at radius 1 is 1.12 bits per heavy atom. The van der Waals surface area contributed by atoms with E-state index in [0.29, 0.717) is 22.5 Å². The van der Waals surface area contributed by atoms with Crippen LogP contribution < -0.4 is 10.1 Å². The Kier molecular flexibility index (Phi) is 5.93. The maximum absolute atomic E-state index is 13.1. The highest BCUT2D eigenvalue weighted by molar-refractivity contribution is 6.32. The SMILES string of the molecule is COc1ccc(NC(=O)[C@H](C)OC(=O)c2cc(F)cc(F)c2)cc1Cl. The van der Waals surface area contributed by atoms with E-state index in [-0.39, 0.29) is 5.56 Å². The Balaban J connectivity index is 2.02. The summed E-state index contributed by atoms with van der Waals surface area (Å²) in [5.74, 6) is -3.05. The second kappa shape index (κ2) is 7.94. The molecule has 0 aliphatic rings. The van der Waals surface area contributed by atoms with Gasteiger partial charge in [-0.25, -0.2) is 13.6 Å². The normalized spacial score (nSPS) is 11.6. The van der Waals surface area contributed by atoms with Crippen LogP contribution in [0.5, 0.6) is 5.75 Å². The molecule has 1 atom stereocenters. The number of hydrogen-bond acceptors (Lipinski definition) is 4. The van der Waals surface area contributed by atoms with Crippen molar-refractivity contribution in [2.24, 2.45) is 0 Å². The number of nitrogens with one attached hydrogen (secondary N) is 1. The number of hydrogen-bond donors (Lipinski definition) is 1. The number of benzene rings is 2. The van der Waals surface area contributed by atoms with Gasteiger partial charge in [0.15, 0.2) is 6.10 Å². The number of halogens is 3. The molecule has 0 saturated carbocycles. The molecular weight excluding hydrogens is 356 g/mol. The molecule has 0 aliphatic heterocycles. The van der Waals surface area contributed by atoms with Crippen molar-refractivity contribution >= 4 is 29.2 Å². The van der Waals surface area contributed by atoms with Gasteiger partial charge in [-0.2, -0.15) is 0 Å². The van der Waals surface area contributed by atoms with E-state index >= 15 is 0 Å². The number of esters is 1. The molecule has 1 N–H and O–H groups in total. The highest BCUT2D eigenvalue weighted by Gasteiger charge is 2.20. The van der Waals surface area contributed by atoms with Crippen molar-refractivity contribution < 1.29 is 27.8 Å². The second-order valence-electron chi connectivity index (χ2n) is 5.04. The molecule has 0 aliphatic carbocycles. The van der Waals surface area contributed by atoms with E-state index in [4.69, 9.17) is 21.1 Å². The van der Waals surface area contributed by atoms with Crippen molar-refractivity contribution in [2.75, 3.05) is 12.4 Å². The van der Waals surface area contributed by atoms with Gasteiger partial charge in [0.2, 0.25) is 0 Å². The third-order valence-corrected chi connectivity index (χ3v) is 3.47. The zero-order valence-electron chi connectivity index (χ0n) is 13.3. The van der Waals surface area contributed by atoms with Crippen LogP contribution >= 0.6 is 11.6 Å². The minimum atomic E-state index is -1.19. The van der Waals surface area contributed by atoms with Crippen molar-refractivity contribution in [2.45, 2.75) is 13.0 Å². The molecule has 8 heteroatoms. The second-order valence-corrected chi connectivity index (χ2v) is 5.45. The molecule has 0 aromatic heterocycles. The van der Waals surface area contributed by atoms with Gasteiger partial charge in [0, 0.05) is 11.8 Å². The summed E-state index contributed by atoms with van der Waals surface area (Å²) in [7, 11) is 1.45. The van der Waals surface area contributed by atoms with Crippen molar-refractivity contribution in [3.05, 3.63) is 58.6 Å². The van der Waals surface area contributed by atoms with E-state index in [1.807, 2.05) is 0 Å². The van der Waals surface area contributed by atoms with Crippen molar-refractivity contribution in [1.29, 1.82) is 0 Å². The number of carbonyl (C=O) groups excluding carboxylic acids is 2. The van der Waals surface area contributed by atoms with Crippen molar-refractivity contribution in [1.82, 2.24) is 0 Å². The van der Waals surface area contributed by atoms with E-state index in [9.17, 15) is 18.4 Å². The summed E-state index contributed by atoms with van der Waals surface area (Å²) in [6, 6.07) is 6.84. The van der Waals surface area contributed by atoms with Gasteiger partial charge in [-0.05, 0) is 37.3 Å². The van der Waals surface area contributed by atoms with Gasteiger partial charge in [-0.3, -0.25) is 4.79 Å². The summed E-state index contributed by atoms with van der Waals surface area (Å²) in [4.78, 5) is 23.9. The fourth-order valence-corrected chi connectivity index (χ4v) is 2.20. The maximum Gasteiger partial charge on any atom is 0.339 e. The summed E-state index contributed by atoms with van der Waals surface area (Å²) in [6.45, 7) is 1.33. The highest BCUT2D eigenvalue weighted by Crippen LogP contribution is 2.27. The van der Waals surface area contributed by atoms with Gasteiger partial charge >= 0.3 is 5.97 Å². The van der Waals surface area contributed by atoms with Crippen LogP contribution in [0.1, 0.15) is 17.3 Å². The number of ether oxygens (including phenoxy) is 2. The van der Waals surface area contributed by atoms with Crippen LogP contribution in [-0.4, -0.2) is 25.1 Å². The average molecular weight is 370 g/mol. The fraction of sp³-hybridized carbons (Fsp3) is 0.176. The number of methoxy groups -OCH3 is 1. The standard InChI is InChI=1S/C17H14ClF2NO4/c1-9(25-17(23)10-5-11(19)7-12(20)6-10)16(22)21-13-3-4-15(24-2)14(18)8-13/h3-9H,1-2H3,(H,21,22)/t9-/m0/s1. The molecule has 25 heavy (non-hydrogen) atoms. The predicted octanol–water partition coefficient (Wildman–Crippen LogP) is 3.81. The Morgan fingerprint density at radius 2 is 1.76 bits per heavy atom. The Bertz CT molecular complexity index is 793. The van der Waals surface area contributed by atoms with Crippen LogP contribution in [0.4, 0.5) is 14.5 Å². The molecule has 2 aromatic rings. The van der Waals surface area contributed by atoms with Gasteiger partial charge in [-0.1, -0.05) is 11.6 Å². The Morgan fingerprint density at radius 3 is 2.32 bits per heavy atom. The van der Waals surface area contributed by atoms with Gasteiger partial charge in [0.05, 0.1) is 17.7 Å². The molecule has 0 radical (unpaired) electrons. The van der Waals surface area contributed by atoms with E-state index < -0.39 is 29.6 Å². The van der Waals surface area contributed by atoms with Crippen LogP contribution in [-0.2, 0) is 9.53 Å². The van der Waals surface area contributed by atoms with Crippen LogP contribution in [0.25, 0.3) is 0 Å². The zero-order valence-corrected chi connectivity index (χ0v) is 14.1. The van der Waals surface area contributed by atoms with Crippen LogP contribution in [0, 0.1) is 11.6 Å². The van der Waals surface area contributed by atoms with Crippen LogP contribution in [0.3, 0.4) is 0 Å². The first-order valence-electron chi connectivity index (χ1n) is 7.11. The third-order valence-electron chi connectivity index (χ3n) is 3.17. The molecule has 0 saturated heterocycles. The quantitative estimate of drug-likeness (QED) is 0.814. The molecule has 0 bridgehead atoms. The number of carbonyl (C=O) groups is 2. The van der Waals surface area contributed by atoms with Crippen LogP contribution in [0.2, 0.25) is 5.02 Å². The zero-order chi connectivity index (χ0) is 18.6. The summed E-state index contributed by atoms with van der Waals surface area (Å²) >= 11 is 5.95. The number of rotatable bonds is 5. The van der Waals surface area contributed by atoms with E-state index in [2.05, 4.69) is 5.32 Å². The van der Waals surface area contributed by atoms with Crippen molar-refractivity contribution in [3.63, 3.8) is 0 Å². The molecule has 2 aromatic carbocycles. The maximum atomic E-state index is 13.1. The molecular formula is C17H14ClF2NO4. The predicted molar refractivity (Wildman–Crippen MR) is 87.9 cm³/mol. The number of anilines is 1. The highest BCUT2D eigenvalue weighted by atomic mass is 35.5. The lowest BCUT2D eigenvalue weighted by Gasteiger charge is -2.14. The van der Waals surface area contributed by atoms with Gasteiger partial charge < -0.3 is 14.8 Å². The summed E-state index contributed by atoms with van der Waals surface area (Å²) in [5.41, 5.74) is 0.0418. The first-order valence-corrected chi connectivity index (χ1v) is 7.49. The molecule has 0 heterocycles. The van der Waals surface area contributed by atoms with E-state index in [1.165, 1.54) is 20.1 Å². The third kappa shape index (κ3) is 4.90. The van der Waals surface area contributed by atoms with Gasteiger partial charge in [0.1, 0.15) is 17.4 Å². The van der Waals surface area contributed by atoms with Crippen LogP contribution in [0.15, 0.2) is 36.4 Å². The topological polar surface area (TPSA) is 64.6 Å². The minimum absolute atomic E-state index is 0.292. The summed E-state index contributed by atoms with van der Waals surface area (Å²) < 4.78 is 36.2. The van der Waals surface area contributed by atoms with E-state index in [1.54, 1.807) is 12.1 Å². The molecule has 132 valence electrons. The molecule has 0 spiro atoms. The summed E-state index contributed by atoms with van der Waals surface area (Å²) in [5, 5.41) is 2.80. The van der Waals surface area contributed by atoms with Gasteiger partial charge in [-0.15, -0.1) is 0 Å². The monoisotopic (exact) mass is 369 g/mol. The first-order chi connectivity index (χ1) is 11.8. The van der Waals surface area contributed by atoms with Crippen molar-refractivity contribution in [3.8, 4) is 5.75 Å². The number of amides is 1. The molecule has 0 unspecified atom stereocenters. The lowest BCUT2D eigenvalue weighted by molar-refractivity contribution is -0.123. The Hall–Kier alpha value is -2.67. The lowest BCUT2D eigenvalue weighted by atomic mass is 10.2.